The topological polar surface area (TPSA) is 36.3 Å². The van der Waals surface area contributed by atoms with Crippen molar-refractivity contribution in [3.8, 4) is 5.69 Å². The molecule has 0 amide bonds. The van der Waals surface area contributed by atoms with Gasteiger partial charge < -0.3 is 19.7 Å². The molecule has 5 nitrogen and oxygen atoms in total. The van der Waals surface area contributed by atoms with Crippen LogP contribution in [0.3, 0.4) is 0 Å². The van der Waals surface area contributed by atoms with E-state index in [1.54, 1.807) is 0 Å². The van der Waals surface area contributed by atoms with Crippen LogP contribution in [0.25, 0.3) is 16.5 Å². The van der Waals surface area contributed by atoms with Gasteiger partial charge in [0, 0.05) is 36.1 Å². The normalized spacial score (nSPS) is 18.1. The van der Waals surface area contributed by atoms with Crippen molar-refractivity contribution in [1.29, 1.82) is 0 Å². The van der Waals surface area contributed by atoms with Crippen LogP contribution in [0, 0.1) is 13.8 Å². The van der Waals surface area contributed by atoms with E-state index in [1.165, 1.54) is 33.4 Å². The highest BCUT2D eigenvalue weighted by molar-refractivity contribution is 7.80. The molecule has 1 N–H and O–H groups in total. The van der Waals surface area contributed by atoms with Gasteiger partial charge in [-0.2, -0.15) is 0 Å². The molecule has 1 saturated heterocycles. The number of nitrogens with zero attached hydrogens (tertiary/aromatic N) is 4. The van der Waals surface area contributed by atoms with Gasteiger partial charge in [-0.1, -0.05) is 42.5 Å². The van der Waals surface area contributed by atoms with Gasteiger partial charge >= 0.3 is 0 Å². The number of benzene rings is 2. The van der Waals surface area contributed by atoms with E-state index in [-0.39, 0.29) is 12.1 Å². The molecule has 3 heterocycles. The van der Waals surface area contributed by atoms with Crippen molar-refractivity contribution in [3.05, 3.63) is 95.6 Å². The fraction of sp³-hybridized carbons (Fsp3) is 0.286. The van der Waals surface area contributed by atoms with E-state index >= 15 is 0 Å². The molecular weight excluding hydrogens is 438 g/mol. The Bertz CT molecular complexity index is 1320. The molecule has 5 rings (SSSR count). The molecule has 6 heteroatoms. The quantitative estimate of drug-likeness (QED) is 0.394. The third-order valence-electron chi connectivity index (χ3n) is 6.78. The third kappa shape index (κ3) is 3.97. The number of aromatic nitrogens is 2. The molecule has 2 aromatic carbocycles. The number of hydrogen-bond donors (Lipinski definition) is 1. The molecule has 1 aliphatic rings. The minimum Gasteiger partial charge on any atom is -0.352 e. The van der Waals surface area contributed by atoms with Gasteiger partial charge in [-0.25, -0.2) is 0 Å². The minimum atomic E-state index is -0.00247. The predicted octanol–water partition coefficient (Wildman–Crippen LogP) is 5.18. The van der Waals surface area contributed by atoms with E-state index in [0.29, 0.717) is 0 Å². The van der Waals surface area contributed by atoms with Crippen molar-refractivity contribution >= 4 is 28.1 Å². The van der Waals surface area contributed by atoms with Crippen LogP contribution in [0.15, 0.2) is 72.9 Å². The summed E-state index contributed by atoms with van der Waals surface area (Å²) in [6.45, 7) is 6.20. The summed E-state index contributed by atoms with van der Waals surface area (Å²) in [6.07, 6.45) is 1.86. The summed E-state index contributed by atoms with van der Waals surface area (Å²) < 4.78 is 2.39. The first-order valence-corrected chi connectivity index (χ1v) is 12.2. The Balaban J connectivity index is 1.64. The van der Waals surface area contributed by atoms with Crippen LogP contribution in [-0.2, 0) is 0 Å². The molecular formula is C28H31N5S. The average Bonchev–Trinajstić information content (AvgIpc) is 3.32. The molecule has 0 unspecified atom stereocenters. The number of pyridine rings is 1. The van der Waals surface area contributed by atoms with E-state index in [1.807, 2.05) is 18.3 Å². The van der Waals surface area contributed by atoms with Gasteiger partial charge in [-0.05, 0) is 75.4 Å². The van der Waals surface area contributed by atoms with Crippen molar-refractivity contribution in [3.63, 3.8) is 0 Å². The monoisotopic (exact) mass is 469 g/mol. The Hall–Kier alpha value is -3.22. The Kier molecular flexibility index (Phi) is 6.11. The van der Waals surface area contributed by atoms with Gasteiger partial charge in [-0.15, -0.1) is 0 Å². The molecule has 0 saturated carbocycles. The third-order valence-corrected chi connectivity index (χ3v) is 7.13. The van der Waals surface area contributed by atoms with Crippen LogP contribution < -0.4 is 5.32 Å². The van der Waals surface area contributed by atoms with Crippen LogP contribution in [0.4, 0.5) is 0 Å². The lowest BCUT2D eigenvalue weighted by Crippen LogP contribution is -2.35. The zero-order chi connectivity index (χ0) is 23.8. The maximum Gasteiger partial charge on any atom is 0.170 e. The SMILES string of the molecule is Cc1cc([C@H]2[C@H](c3ccccn3)NC(=S)N2CCN(C)C)c(C)n1-c1cccc2ccccc12. The van der Waals surface area contributed by atoms with Gasteiger partial charge in [0.05, 0.1) is 23.5 Å². The lowest BCUT2D eigenvalue weighted by molar-refractivity contribution is 0.277. The molecule has 0 bridgehead atoms. The lowest BCUT2D eigenvalue weighted by Gasteiger charge is -2.29. The maximum absolute atomic E-state index is 5.85. The van der Waals surface area contributed by atoms with Crippen LogP contribution >= 0.6 is 12.2 Å². The summed E-state index contributed by atoms with van der Waals surface area (Å²) in [6, 6.07) is 23.6. The minimum absolute atomic E-state index is 0.00247. The average molecular weight is 470 g/mol. The highest BCUT2D eigenvalue weighted by Crippen LogP contribution is 2.41. The fourth-order valence-electron chi connectivity index (χ4n) is 5.15. The molecule has 34 heavy (non-hydrogen) atoms. The van der Waals surface area contributed by atoms with E-state index < -0.39 is 0 Å². The molecule has 0 radical (unpaired) electrons. The van der Waals surface area contributed by atoms with Crippen molar-refractivity contribution in [2.45, 2.75) is 25.9 Å². The van der Waals surface area contributed by atoms with Crippen molar-refractivity contribution in [1.82, 2.24) is 24.7 Å². The Morgan fingerprint density at radius 3 is 2.53 bits per heavy atom. The summed E-state index contributed by atoms with van der Waals surface area (Å²) in [5.41, 5.74) is 5.96. The molecule has 2 aromatic heterocycles. The van der Waals surface area contributed by atoms with E-state index in [9.17, 15) is 0 Å². The lowest BCUT2D eigenvalue weighted by atomic mass is 9.96. The maximum atomic E-state index is 5.85. The largest absolute Gasteiger partial charge is 0.352 e. The number of aryl methyl sites for hydroxylation is 1. The Labute approximate surface area is 207 Å². The second-order valence-electron chi connectivity index (χ2n) is 9.28. The molecule has 4 aromatic rings. The van der Waals surface area contributed by atoms with E-state index in [0.717, 1.165) is 23.9 Å². The van der Waals surface area contributed by atoms with Crippen LogP contribution in [0.1, 0.15) is 34.7 Å². The van der Waals surface area contributed by atoms with E-state index in [2.05, 4.69) is 102 Å². The highest BCUT2D eigenvalue weighted by atomic mass is 32.1. The van der Waals surface area contributed by atoms with Crippen molar-refractivity contribution < 1.29 is 0 Å². The number of likely N-dealkylation sites (N-methyl/N-ethyl adjacent to an activating group) is 1. The zero-order valence-electron chi connectivity index (χ0n) is 20.2. The number of rotatable bonds is 6. The summed E-state index contributed by atoms with van der Waals surface area (Å²) >= 11 is 5.85. The van der Waals surface area contributed by atoms with Crippen LogP contribution in [-0.4, -0.2) is 51.6 Å². The van der Waals surface area contributed by atoms with Crippen molar-refractivity contribution in [2.24, 2.45) is 0 Å². The second kappa shape index (κ2) is 9.20. The van der Waals surface area contributed by atoms with Gasteiger partial charge in [0.25, 0.3) is 0 Å². The van der Waals surface area contributed by atoms with Gasteiger partial charge in [-0.3, -0.25) is 4.98 Å². The zero-order valence-corrected chi connectivity index (χ0v) is 21.0. The molecule has 1 fully saturated rings. The predicted molar refractivity (Wildman–Crippen MR) is 143 cm³/mol. The molecule has 174 valence electrons. The summed E-state index contributed by atoms with van der Waals surface area (Å²) in [4.78, 5) is 9.23. The van der Waals surface area contributed by atoms with E-state index in [4.69, 9.17) is 17.2 Å². The number of nitrogens with one attached hydrogen (secondary N) is 1. The number of fused-ring (bicyclic) bond motifs is 1. The fourth-order valence-corrected chi connectivity index (χ4v) is 5.49. The number of hydrogen-bond acceptors (Lipinski definition) is 3. The molecule has 0 spiro atoms. The van der Waals surface area contributed by atoms with Gasteiger partial charge in [0.1, 0.15) is 0 Å². The Morgan fingerprint density at radius 2 is 1.76 bits per heavy atom. The molecule has 0 aliphatic carbocycles. The van der Waals surface area contributed by atoms with Gasteiger partial charge in [0.15, 0.2) is 5.11 Å². The van der Waals surface area contributed by atoms with Crippen LogP contribution in [0.2, 0.25) is 0 Å². The first kappa shape index (κ1) is 22.6. The Morgan fingerprint density at radius 1 is 1.00 bits per heavy atom. The molecule has 2 atom stereocenters. The smallest absolute Gasteiger partial charge is 0.170 e. The van der Waals surface area contributed by atoms with Gasteiger partial charge in [0.2, 0.25) is 0 Å². The summed E-state index contributed by atoms with van der Waals surface area (Å²) in [7, 11) is 4.20. The highest BCUT2D eigenvalue weighted by Gasteiger charge is 2.41. The second-order valence-corrected chi connectivity index (χ2v) is 9.67. The summed E-state index contributed by atoms with van der Waals surface area (Å²) in [5.74, 6) is 0. The molecule has 1 aliphatic heterocycles. The van der Waals surface area contributed by atoms with Crippen LogP contribution in [0.5, 0.6) is 0 Å². The number of thiocarbonyl (C=S) groups is 1. The van der Waals surface area contributed by atoms with Crippen molar-refractivity contribution in [2.75, 3.05) is 27.2 Å². The first-order valence-electron chi connectivity index (χ1n) is 11.8. The first-order chi connectivity index (χ1) is 16.5. The standard InChI is InChI=1S/C28H31N5S/c1-19-18-23(20(2)33(19)25-14-9-11-21-10-5-6-12-22(21)25)27-26(24-13-7-8-15-29-24)30-28(34)32(27)17-16-31(3)4/h5-15,18,26-27H,16-17H2,1-4H3,(H,30,34)/t26-,27-/m0/s1. The summed E-state index contributed by atoms with van der Waals surface area (Å²) in [5, 5.41) is 6.88.